The van der Waals surface area contributed by atoms with E-state index in [2.05, 4.69) is 0 Å². The van der Waals surface area contributed by atoms with Crippen molar-refractivity contribution in [2.75, 3.05) is 13.2 Å². The van der Waals surface area contributed by atoms with Gasteiger partial charge in [0.25, 0.3) is 0 Å². The van der Waals surface area contributed by atoms with Crippen LogP contribution in [0.4, 0.5) is 0 Å². The number of ether oxygens (including phenoxy) is 2. The molecule has 2 rings (SSSR count). The normalized spacial score (nSPS) is 14.2. The zero-order chi connectivity index (χ0) is 11.5. The maximum atomic E-state index is 10.6. The van der Waals surface area contributed by atoms with Crippen molar-refractivity contribution in [3.05, 3.63) is 17.7 Å². The third-order valence-corrected chi connectivity index (χ3v) is 2.31. The zero-order valence-corrected chi connectivity index (χ0v) is 8.60. The van der Waals surface area contributed by atoms with Crippen LogP contribution in [0.5, 0.6) is 17.2 Å². The van der Waals surface area contributed by atoms with E-state index in [0.29, 0.717) is 24.5 Å². The van der Waals surface area contributed by atoms with Crippen LogP contribution in [0.2, 0.25) is 0 Å². The molecule has 0 fully saturated rings. The molecular formula is C11H12O5. The summed E-state index contributed by atoms with van der Waals surface area (Å²) in [4.78, 5) is 10.6. The van der Waals surface area contributed by atoms with E-state index >= 15 is 0 Å². The molecule has 1 aliphatic heterocycles. The fraction of sp³-hybridized carbons (Fsp3) is 0.364. The highest BCUT2D eigenvalue weighted by molar-refractivity contribution is 5.72. The first-order valence-electron chi connectivity index (χ1n) is 5.00. The predicted molar refractivity (Wildman–Crippen MR) is 55.1 cm³/mol. The van der Waals surface area contributed by atoms with Crippen molar-refractivity contribution >= 4 is 5.97 Å². The van der Waals surface area contributed by atoms with E-state index in [1.165, 1.54) is 6.07 Å². The summed E-state index contributed by atoms with van der Waals surface area (Å²) in [6.07, 6.45) is 0.505. The van der Waals surface area contributed by atoms with Crippen LogP contribution < -0.4 is 9.47 Å². The Morgan fingerprint density at radius 1 is 1.31 bits per heavy atom. The number of fused-ring (bicyclic) bond motifs is 1. The van der Waals surface area contributed by atoms with Crippen LogP contribution in [0.1, 0.15) is 12.0 Å². The van der Waals surface area contributed by atoms with Crippen LogP contribution >= 0.6 is 0 Å². The monoisotopic (exact) mass is 224 g/mol. The van der Waals surface area contributed by atoms with Gasteiger partial charge < -0.3 is 19.7 Å². The standard InChI is InChI=1S/C11H12O5/c12-9(13)6-7-2-3-8-11(10(7)14)16-5-1-4-15-8/h2-3,14H,1,4-6H2,(H,12,13). The molecule has 0 aromatic heterocycles. The van der Waals surface area contributed by atoms with Gasteiger partial charge in [0.15, 0.2) is 11.5 Å². The lowest BCUT2D eigenvalue weighted by atomic mass is 10.1. The summed E-state index contributed by atoms with van der Waals surface area (Å²) in [6, 6.07) is 3.16. The number of carbonyl (C=O) groups is 1. The number of rotatable bonds is 2. The Bertz CT molecular complexity index is 413. The number of phenols is 1. The van der Waals surface area contributed by atoms with E-state index in [-0.39, 0.29) is 17.9 Å². The number of carboxylic acids is 1. The molecule has 2 N–H and O–H groups in total. The first-order valence-corrected chi connectivity index (χ1v) is 5.00. The van der Waals surface area contributed by atoms with Crippen molar-refractivity contribution < 1.29 is 24.5 Å². The second kappa shape index (κ2) is 4.30. The Hall–Kier alpha value is -1.91. The van der Waals surface area contributed by atoms with Crippen molar-refractivity contribution in [3.63, 3.8) is 0 Å². The van der Waals surface area contributed by atoms with Gasteiger partial charge in [0.2, 0.25) is 5.75 Å². The van der Waals surface area contributed by atoms with Gasteiger partial charge in [-0.2, -0.15) is 0 Å². The van der Waals surface area contributed by atoms with E-state index < -0.39 is 5.97 Å². The molecule has 0 spiro atoms. The molecule has 0 saturated heterocycles. The molecular weight excluding hydrogens is 212 g/mol. The Kier molecular flexibility index (Phi) is 2.85. The number of benzene rings is 1. The molecule has 16 heavy (non-hydrogen) atoms. The summed E-state index contributed by atoms with van der Waals surface area (Å²) in [5.41, 5.74) is 0.330. The maximum absolute atomic E-state index is 10.6. The summed E-state index contributed by atoms with van der Waals surface area (Å²) >= 11 is 0. The molecule has 1 heterocycles. The van der Waals surface area contributed by atoms with E-state index in [9.17, 15) is 9.90 Å². The van der Waals surface area contributed by atoms with Crippen LogP contribution in [0.25, 0.3) is 0 Å². The first-order chi connectivity index (χ1) is 7.68. The van der Waals surface area contributed by atoms with Gasteiger partial charge in [0, 0.05) is 12.0 Å². The number of hydrogen-bond acceptors (Lipinski definition) is 4. The molecule has 86 valence electrons. The highest BCUT2D eigenvalue weighted by Gasteiger charge is 2.18. The summed E-state index contributed by atoms with van der Waals surface area (Å²) < 4.78 is 10.7. The van der Waals surface area contributed by atoms with Gasteiger partial charge in [-0.1, -0.05) is 6.07 Å². The predicted octanol–water partition coefficient (Wildman–Crippen LogP) is 1.18. The SMILES string of the molecule is O=C(O)Cc1ccc2c(c1O)OCCCO2. The van der Waals surface area contributed by atoms with Gasteiger partial charge in [0.1, 0.15) is 0 Å². The lowest BCUT2D eigenvalue weighted by molar-refractivity contribution is -0.136. The minimum absolute atomic E-state index is 0.137. The molecule has 0 aliphatic carbocycles. The van der Waals surface area contributed by atoms with Crippen molar-refractivity contribution in [1.82, 2.24) is 0 Å². The number of hydrogen-bond donors (Lipinski definition) is 2. The summed E-state index contributed by atoms with van der Waals surface area (Å²) in [7, 11) is 0. The van der Waals surface area contributed by atoms with E-state index in [1.807, 2.05) is 0 Å². The van der Waals surface area contributed by atoms with E-state index in [1.54, 1.807) is 6.07 Å². The second-order valence-electron chi connectivity index (χ2n) is 3.52. The summed E-state index contributed by atoms with van der Waals surface area (Å²) in [6.45, 7) is 0.988. The molecule has 1 aromatic carbocycles. The highest BCUT2D eigenvalue weighted by Crippen LogP contribution is 2.40. The zero-order valence-electron chi connectivity index (χ0n) is 8.60. The van der Waals surface area contributed by atoms with Gasteiger partial charge in [-0.25, -0.2) is 0 Å². The van der Waals surface area contributed by atoms with Gasteiger partial charge >= 0.3 is 5.97 Å². The lowest BCUT2D eigenvalue weighted by Crippen LogP contribution is -2.02. The Morgan fingerprint density at radius 3 is 2.81 bits per heavy atom. The van der Waals surface area contributed by atoms with Gasteiger partial charge in [-0.15, -0.1) is 0 Å². The Labute approximate surface area is 92.2 Å². The maximum Gasteiger partial charge on any atom is 0.307 e. The molecule has 0 bridgehead atoms. The van der Waals surface area contributed by atoms with Gasteiger partial charge in [-0.3, -0.25) is 4.79 Å². The molecule has 1 aromatic rings. The number of carboxylic acid groups (broad SMARTS) is 1. The molecule has 0 amide bonds. The smallest absolute Gasteiger partial charge is 0.307 e. The number of phenolic OH excluding ortho intramolecular Hbond substituents is 1. The molecule has 5 nitrogen and oxygen atoms in total. The molecule has 0 atom stereocenters. The van der Waals surface area contributed by atoms with Crippen molar-refractivity contribution in [2.45, 2.75) is 12.8 Å². The van der Waals surface area contributed by atoms with Crippen molar-refractivity contribution in [2.24, 2.45) is 0 Å². The van der Waals surface area contributed by atoms with Crippen molar-refractivity contribution in [3.8, 4) is 17.2 Å². The topological polar surface area (TPSA) is 76.0 Å². The quantitative estimate of drug-likeness (QED) is 0.788. The Morgan fingerprint density at radius 2 is 2.06 bits per heavy atom. The largest absolute Gasteiger partial charge is 0.504 e. The Balaban J connectivity index is 2.37. The fourth-order valence-corrected chi connectivity index (χ4v) is 1.57. The fourth-order valence-electron chi connectivity index (χ4n) is 1.57. The number of aromatic hydroxyl groups is 1. The van der Waals surface area contributed by atoms with Gasteiger partial charge in [-0.05, 0) is 6.07 Å². The van der Waals surface area contributed by atoms with Crippen LogP contribution in [0.3, 0.4) is 0 Å². The molecule has 1 aliphatic rings. The highest BCUT2D eigenvalue weighted by atomic mass is 16.5. The first kappa shape index (κ1) is 10.6. The number of aliphatic carboxylic acids is 1. The molecule has 0 radical (unpaired) electrons. The van der Waals surface area contributed by atoms with Crippen LogP contribution in [-0.4, -0.2) is 29.4 Å². The van der Waals surface area contributed by atoms with Crippen molar-refractivity contribution in [1.29, 1.82) is 0 Å². The van der Waals surface area contributed by atoms with E-state index in [0.717, 1.165) is 6.42 Å². The third kappa shape index (κ3) is 2.03. The van der Waals surface area contributed by atoms with Crippen LogP contribution in [0, 0.1) is 0 Å². The van der Waals surface area contributed by atoms with Crippen LogP contribution in [-0.2, 0) is 11.2 Å². The average molecular weight is 224 g/mol. The van der Waals surface area contributed by atoms with Gasteiger partial charge in [0.05, 0.1) is 19.6 Å². The third-order valence-electron chi connectivity index (χ3n) is 2.31. The average Bonchev–Trinajstić information content (AvgIpc) is 2.47. The second-order valence-corrected chi connectivity index (χ2v) is 3.52. The molecule has 5 heteroatoms. The molecule has 0 unspecified atom stereocenters. The minimum atomic E-state index is -0.996. The lowest BCUT2D eigenvalue weighted by Gasteiger charge is -2.11. The van der Waals surface area contributed by atoms with Crippen LogP contribution in [0.15, 0.2) is 12.1 Å². The van der Waals surface area contributed by atoms with E-state index in [4.69, 9.17) is 14.6 Å². The minimum Gasteiger partial charge on any atom is -0.504 e. The summed E-state index contributed by atoms with van der Waals surface area (Å²) in [5, 5.41) is 18.5. The molecule has 0 saturated carbocycles. The summed E-state index contributed by atoms with van der Waals surface area (Å²) in [5.74, 6) is -0.424.